The molecular weight excluding hydrogens is 326 g/mol. The molecule has 2 aromatic carbocycles. The van der Waals surface area contributed by atoms with Crippen molar-refractivity contribution in [3.63, 3.8) is 0 Å². The Bertz CT molecular complexity index is 560. The van der Waals surface area contributed by atoms with Crippen LogP contribution >= 0.6 is 27.5 Å². The van der Waals surface area contributed by atoms with Gasteiger partial charge in [0.05, 0.1) is 0 Å². The Morgan fingerprint density at radius 2 is 1.95 bits per heavy atom. The van der Waals surface area contributed by atoms with Crippen molar-refractivity contribution in [3.05, 3.63) is 63.1 Å². The van der Waals surface area contributed by atoms with Crippen molar-refractivity contribution in [2.45, 2.75) is 13.0 Å². The molecule has 0 saturated carbocycles. The first-order valence-corrected chi connectivity index (χ1v) is 7.22. The molecule has 0 aromatic heterocycles. The molecule has 0 aliphatic heterocycles. The molecule has 0 amide bonds. The van der Waals surface area contributed by atoms with Gasteiger partial charge in [-0.1, -0.05) is 45.7 Å². The first-order chi connectivity index (χ1) is 9.20. The second-order valence-electron chi connectivity index (χ2n) is 4.17. The standard InChI is InChI=1S/C15H15BrClNO/c16-12-4-1-3-11(9-12)10-19-15-6-2-5-14(17)13(15)7-8-18/h1-6,9H,7-8,10,18H2. The van der Waals surface area contributed by atoms with Gasteiger partial charge in [-0.05, 0) is 42.8 Å². The fourth-order valence-electron chi connectivity index (χ4n) is 1.85. The first-order valence-electron chi connectivity index (χ1n) is 6.05. The zero-order valence-electron chi connectivity index (χ0n) is 10.4. The van der Waals surface area contributed by atoms with E-state index < -0.39 is 0 Å². The minimum Gasteiger partial charge on any atom is -0.489 e. The highest BCUT2D eigenvalue weighted by atomic mass is 79.9. The minimum atomic E-state index is 0.511. The molecular formula is C15H15BrClNO. The Labute approximate surface area is 126 Å². The topological polar surface area (TPSA) is 35.2 Å². The van der Waals surface area contributed by atoms with E-state index in [0.29, 0.717) is 24.6 Å². The van der Waals surface area contributed by atoms with Crippen molar-refractivity contribution in [2.75, 3.05) is 6.54 Å². The van der Waals surface area contributed by atoms with Crippen molar-refractivity contribution >= 4 is 27.5 Å². The minimum absolute atomic E-state index is 0.511. The fraction of sp³-hybridized carbons (Fsp3) is 0.200. The lowest BCUT2D eigenvalue weighted by Gasteiger charge is -2.12. The summed E-state index contributed by atoms with van der Waals surface area (Å²) in [6, 6.07) is 13.7. The van der Waals surface area contributed by atoms with Gasteiger partial charge in [-0.25, -0.2) is 0 Å². The van der Waals surface area contributed by atoms with E-state index in [0.717, 1.165) is 21.3 Å². The summed E-state index contributed by atoms with van der Waals surface area (Å²) in [5.41, 5.74) is 7.68. The predicted octanol–water partition coefficient (Wildman–Crippen LogP) is 4.18. The van der Waals surface area contributed by atoms with Crippen LogP contribution in [0.5, 0.6) is 5.75 Å². The number of hydrogen-bond donors (Lipinski definition) is 1. The van der Waals surface area contributed by atoms with E-state index in [4.69, 9.17) is 22.1 Å². The van der Waals surface area contributed by atoms with Gasteiger partial charge in [-0.15, -0.1) is 0 Å². The van der Waals surface area contributed by atoms with E-state index in [1.807, 2.05) is 42.5 Å². The lowest BCUT2D eigenvalue weighted by molar-refractivity contribution is 0.303. The number of halogens is 2. The van der Waals surface area contributed by atoms with E-state index in [1.165, 1.54) is 0 Å². The summed E-state index contributed by atoms with van der Waals surface area (Å²) in [6.07, 6.45) is 0.716. The smallest absolute Gasteiger partial charge is 0.124 e. The van der Waals surface area contributed by atoms with Crippen LogP contribution in [0.3, 0.4) is 0 Å². The van der Waals surface area contributed by atoms with Gasteiger partial charge in [0, 0.05) is 15.1 Å². The third kappa shape index (κ3) is 3.96. The molecule has 0 radical (unpaired) electrons. The molecule has 19 heavy (non-hydrogen) atoms. The van der Waals surface area contributed by atoms with E-state index in [2.05, 4.69) is 15.9 Å². The average molecular weight is 341 g/mol. The third-order valence-electron chi connectivity index (χ3n) is 2.75. The summed E-state index contributed by atoms with van der Waals surface area (Å²) in [6.45, 7) is 1.06. The quantitative estimate of drug-likeness (QED) is 0.886. The van der Waals surface area contributed by atoms with Gasteiger partial charge in [-0.2, -0.15) is 0 Å². The van der Waals surface area contributed by atoms with E-state index >= 15 is 0 Å². The van der Waals surface area contributed by atoms with Crippen molar-refractivity contribution in [3.8, 4) is 5.75 Å². The second-order valence-corrected chi connectivity index (χ2v) is 5.50. The number of rotatable bonds is 5. The summed E-state index contributed by atoms with van der Waals surface area (Å²) in [7, 11) is 0. The van der Waals surface area contributed by atoms with Gasteiger partial charge in [0.15, 0.2) is 0 Å². The van der Waals surface area contributed by atoms with Crippen LogP contribution < -0.4 is 10.5 Å². The Morgan fingerprint density at radius 3 is 2.68 bits per heavy atom. The average Bonchev–Trinajstić information content (AvgIpc) is 2.40. The molecule has 2 rings (SSSR count). The molecule has 0 heterocycles. The fourth-order valence-corrected chi connectivity index (χ4v) is 2.56. The lowest BCUT2D eigenvalue weighted by atomic mass is 10.1. The lowest BCUT2D eigenvalue weighted by Crippen LogP contribution is -2.06. The molecule has 0 fully saturated rings. The van der Waals surface area contributed by atoms with Gasteiger partial charge in [0.25, 0.3) is 0 Å². The Balaban J connectivity index is 2.13. The van der Waals surface area contributed by atoms with Crippen molar-refractivity contribution in [2.24, 2.45) is 5.73 Å². The summed E-state index contributed by atoms with van der Waals surface area (Å²) in [5, 5.41) is 0.706. The monoisotopic (exact) mass is 339 g/mol. The molecule has 100 valence electrons. The highest BCUT2D eigenvalue weighted by Gasteiger charge is 2.07. The zero-order chi connectivity index (χ0) is 13.7. The molecule has 0 unspecified atom stereocenters. The van der Waals surface area contributed by atoms with Crippen LogP contribution in [-0.4, -0.2) is 6.54 Å². The highest BCUT2D eigenvalue weighted by molar-refractivity contribution is 9.10. The van der Waals surface area contributed by atoms with Crippen LogP contribution in [0.15, 0.2) is 46.9 Å². The molecule has 0 bridgehead atoms. The number of benzene rings is 2. The van der Waals surface area contributed by atoms with Gasteiger partial charge in [-0.3, -0.25) is 0 Å². The van der Waals surface area contributed by atoms with Crippen molar-refractivity contribution < 1.29 is 4.74 Å². The maximum Gasteiger partial charge on any atom is 0.124 e. The highest BCUT2D eigenvalue weighted by Crippen LogP contribution is 2.27. The van der Waals surface area contributed by atoms with Crippen LogP contribution in [0, 0.1) is 0 Å². The van der Waals surface area contributed by atoms with Gasteiger partial charge in [0.1, 0.15) is 12.4 Å². The molecule has 0 spiro atoms. The SMILES string of the molecule is NCCc1c(Cl)cccc1OCc1cccc(Br)c1. The Kier molecular flexibility index (Phi) is 5.25. The molecule has 2 N–H and O–H groups in total. The van der Waals surface area contributed by atoms with Crippen LogP contribution in [0.1, 0.15) is 11.1 Å². The summed E-state index contributed by atoms with van der Waals surface area (Å²) in [4.78, 5) is 0. The van der Waals surface area contributed by atoms with Crippen LogP contribution in [0.25, 0.3) is 0 Å². The van der Waals surface area contributed by atoms with Crippen LogP contribution in [0.4, 0.5) is 0 Å². The number of hydrogen-bond acceptors (Lipinski definition) is 2. The second kappa shape index (κ2) is 6.94. The summed E-state index contributed by atoms with van der Waals surface area (Å²) >= 11 is 9.62. The molecule has 4 heteroatoms. The number of ether oxygens (including phenoxy) is 1. The molecule has 2 nitrogen and oxygen atoms in total. The maximum absolute atomic E-state index is 6.17. The molecule has 0 aliphatic rings. The maximum atomic E-state index is 6.17. The van der Waals surface area contributed by atoms with Gasteiger partial charge < -0.3 is 10.5 Å². The Morgan fingerprint density at radius 1 is 1.16 bits per heavy atom. The van der Waals surface area contributed by atoms with E-state index in [-0.39, 0.29) is 0 Å². The predicted molar refractivity (Wildman–Crippen MR) is 82.7 cm³/mol. The molecule has 0 aliphatic carbocycles. The first kappa shape index (κ1) is 14.4. The molecule has 0 atom stereocenters. The van der Waals surface area contributed by atoms with Crippen LogP contribution in [-0.2, 0) is 13.0 Å². The van der Waals surface area contributed by atoms with E-state index in [1.54, 1.807) is 0 Å². The van der Waals surface area contributed by atoms with E-state index in [9.17, 15) is 0 Å². The van der Waals surface area contributed by atoms with Gasteiger partial charge >= 0.3 is 0 Å². The van der Waals surface area contributed by atoms with Gasteiger partial charge in [0.2, 0.25) is 0 Å². The van der Waals surface area contributed by atoms with Crippen molar-refractivity contribution in [1.82, 2.24) is 0 Å². The largest absolute Gasteiger partial charge is 0.489 e. The molecule has 2 aromatic rings. The summed E-state index contributed by atoms with van der Waals surface area (Å²) < 4.78 is 6.89. The zero-order valence-corrected chi connectivity index (χ0v) is 12.7. The third-order valence-corrected chi connectivity index (χ3v) is 3.60. The normalized spacial score (nSPS) is 10.5. The number of nitrogens with two attached hydrogens (primary N) is 1. The summed E-state index contributed by atoms with van der Waals surface area (Å²) in [5.74, 6) is 0.804. The molecule has 0 saturated heterocycles. The Hall–Kier alpha value is -1.03. The van der Waals surface area contributed by atoms with Crippen LogP contribution in [0.2, 0.25) is 5.02 Å². The van der Waals surface area contributed by atoms with Crippen molar-refractivity contribution in [1.29, 1.82) is 0 Å².